The van der Waals surface area contributed by atoms with Crippen molar-refractivity contribution in [3.63, 3.8) is 0 Å². The molecule has 1 rings (SSSR count). The van der Waals surface area contributed by atoms with E-state index in [1.165, 1.54) is 0 Å². The Morgan fingerprint density at radius 1 is 1.20 bits per heavy atom. The van der Waals surface area contributed by atoms with Gasteiger partial charge in [0, 0.05) is 23.7 Å². The molecule has 3 nitrogen and oxygen atoms in total. The number of rotatable bonds is 9. The average Bonchev–Trinajstić information content (AvgIpc) is 2.37. The molecular weight excluding hydrogens is 297 g/mol. The summed E-state index contributed by atoms with van der Waals surface area (Å²) in [6.07, 6.45) is 0. The van der Waals surface area contributed by atoms with Crippen molar-refractivity contribution < 1.29 is 9.47 Å². The van der Waals surface area contributed by atoms with Gasteiger partial charge >= 0.3 is 0 Å². The van der Waals surface area contributed by atoms with Crippen molar-refractivity contribution in [3.05, 3.63) is 27.7 Å². The number of ether oxygens (including phenoxy) is 2. The number of hydrogen-bond donors (Lipinski definition) is 1. The second-order valence-corrected chi connectivity index (χ2v) is 5.82. The normalized spacial score (nSPS) is 11.1. The molecule has 0 heterocycles. The van der Waals surface area contributed by atoms with E-state index in [0.717, 1.165) is 18.7 Å². The van der Waals surface area contributed by atoms with Crippen LogP contribution in [0.5, 0.6) is 5.75 Å². The number of halogens is 2. The quantitative estimate of drug-likeness (QED) is 0.693. The van der Waals surface area contributed by atoms with Gasteiger partial charge in [-0.05, 0) is 24.6 Å². The van der Waals surface area contributed by atoms with Crippen LogP contribution in [-0.2, 0) is 11.3 Å². The minimum absolute atomic E-state index is 0.479. The maximum atomic E-state index is 6.20. The molecule has 1 aromatic carbocycles. The van der Waals surface area contributed by atoms with E-state index in [1.54, 1.807) is 6.07 Å². The first kappa shape index (κ1) is 17.6. The Labute approximate surface area is 131 Å². The minimum atomic E-state index is 0.479. The van der Waals surface area contributed by atoms with Crippen molar-refractivity contribution in [1.82, 2.24) is 5.32 Å². The van der Waals surface area contributed by atoms with Gasteiger partial charge < -0.3 is 14.8 Å². The SMILES string of the molecule is CCNCc1cc(Cl)cc(Cl)c1OCCOCC(C)C. The monoisotopic (exact) mass is 319 g/mol. The summed E-state index contributed by atoms with van der Waals surface area (Å²) < 4.78 is 11.2. The molecule has 0 amide bonds. The molecule has 1 aromatic rings. The first-order valence-corrected chi connectivity index (χ1v) is 7.69. The van der Waals surface area contributed by atoms with E-state index in [0.29, 0.717) is 41.5 Å². The van der Waals surface area contributed by atoms with Crippen LogP contribution in [0.4, 0.5) is 0 Å². The van der Waals surface area contributed by atoms with Crippen molar-refractivity contribution in [2.45, 2.75) is 27.3 Å². The van der Waals surface area contributed by atoms with Gasteiger partial charge in [-0.1, -0.05) is 44.0 Å². The molecule has 0 aliphatic rings. The first-order valence-electron chi connectivity index (χ1n) is 6.93. The van der Waals surface area contributed by atoms with Gasteiger partial charge in [-0.3, -0.25) is 0 Å². The van der Waals surface area contributed by atoms with Crippen LogP contribution in [0, 0.1) is 5.92 Å². The standard InChI is InChI=1S/C15H23Cl2NO2/c1-4-18-9-12-7-13(16)8-14(17)15(12)20-6-5-19-10-11(2)3/h7-8,11,18H,4-6,9-10H2,1-3H3. The zero-order valence-electron chi connectivity index (χ0n) is 12.3. The summed E-state index contributed by atoms with van der Waals surface area (Å²) >= 11 is 12.2. The maximum absolute atomic E-state index is 6.20. The highest BCUT2D eigenvalue weighted by Crippen LogP contribution is 2.32. The summed E-state index contributed by atoms with van der Waals surface area (Å²) in [4.78, 5) is 0. The Hall–Kier alpha value is -0.480. The van der Waals surface area contributed by atoms with E-state index in [9.17, 15) is 0 Å². The molecule has 0 unspecified atom stereocenters. The van der Waals surface area contributed by atoms with Crippen LogP contribution in [0.15, 0.2) is 12.1 Å². The summed E-state index contributed by atoms with van der Waals surface area (Å²) in [7, 11) is 0. The number of benzene rings is 1. The number of hydrogen-bond acceptors (Lipinski definition) is 3. The molecular formula is C15H23Cl2NO2. The summed E-state index contributed by atoms with van der Waals surface area (Å²) in [6, 6.07) is 3.57. The molecule has 0 aliphatic carbocycles. The Kier molecular flexibility index (Phi) is 8.31. The summed E-state index contributed by atoms with van der Waals surface area (Å²) in [6.45, 7) is 9.61. The lowest BCUT2D eigenvalue weighted by Crippen LogP contribution is -2.15. The van der Waals surface area contributed by atoms with Crippen LogP contribution < -0.4 is 10.1 Å². The molecule has 0 atom stereocenters. The van der Waals surface area contributed by atoms with Crippen molar-refractivity contribution in [2.75, 3.05) is 26.4 Å². The second kappa shape index (κ2) is 9.46. The Balaban J connectivity index is 2.58. The van der Waals surface area contributed by atoms with E-state index >= 15 is 0 Å². The van der Waals surface area contributed by atoms with Gasteiger partial charge in [-0.25, -0.2) is 0 Å². The van der Waals surface area contributed by atoms with Gasteiger partial charge in [0.25, 0.3) is 0 Å². The largest absolute Gasteiger partial charge is 0.489 e. The first-order chi connectivity index (χ1) is 9.54. The maximum Gasteiger partial charge on any atom is 0.142 e. The lowest BCUT2D eigenvalue weighted by Gasteiger charge is -2.14. The van der Waals surface area contributed by atoms with Crippen LogP contribution in [-0.4, -0.2) is 26.4 Å². The predicted molar refractivity (Wildman–Crippen MR) is 85.0 cm³/mol. The fourth-order valence-electron chi connectivity index (χ4n) is 1.69. The average molecular weight is 320 g/mol. The molecule has 0 spiro atoms. The molecule has 0 radical (unpaired) electrons. The van der Waals surface area contributed by atoms with E-state index in [2.05, 4.69) is 19.2 Å². The van der Waals surface area contributed by atoms with Crippen molar-refractivity contribution in [2.24, 2.45) is 5.92 Å². The third-order valence-corrected chi connectivity index (χ3v) is 3.07. The molecule has 0 aliphatic heterocycles. The molecule has 0 fully saturated rings. The lowest BCUT2D eigenvalue weighted by atomic mass is 10.2. The fraction of sp³-hybridized carbons (Fsp3) is 0.600. The van der Waals surface area contributed by atoms with Crippen molar-refractivity contribution in [3.8, 4) is 5.75 Å². The molecule has 114 valence electrons. The van der Waals surface area contributed by atoms with Gasteiger partial charge in [0.2, 0.25) is 0 Å². The van der Waals surface area contributed by atoms with Crippen molar-refractivity contribution in [1.29, 1.82) is 0 Å². The Morgan fingerprint density at radius 2 is 1.95 bits per heavy atom. The van der Waals surface area contributed by atoms with Crippen LogP contribution >= 0.6 is 23.2 Å². The van der Waals surface area contributed by atoms with Gasteiger partial charge in [0.05, 0.1) is 11.6 Å². The van der Waals surface area contributed by atoms with Crippen LogP contribution in [0.3, 0.4) is 0 Å². The second-order valence-electron chi connectivity index (χ2n) is 4.97. The van der Waals surface area contributed by atoms with Gasteiger partial charge in [-0.15, -0.1) is 0 Å². The van der Waals surface area contributed by atoms with Crippen LogP contribution in [0.25, 0.3) is 0 Å². The summed E-state index contributed by atoms with van der Waals surface area (Å²) in [5, 5.41) is 4.40. The third-order valence-electron chi connectivity index (χ3n) is 2.58. The molecule has 1 N–H and O–H groups in total. The summed E-state index contributed by atoms with van der Waals surface area (Å²) in [5.41, 5.74) is 0.966. The van der Waals surface area contributed by atoms with Gasteiger partial charge in [0.1, 0.15) is 12.4 Å². The van der Waals surface area contributed by atoms with Gasteiger partial charge in [0.15, 0.2) is 0 Å². The van der Waals surface area contributed by atoms with E-state index in [-0.39, 0.29) is 0 Å². The fourth-order valence-corrected chi connectivity index (χ4v) is 2.28. The topological polar surface area (TPSA) is 30.5 Å². The molecule has 0 saturated carbocycles. The van der Waals surface area contributed by atoms with E-state index in [4.69, 9.17) is 32.7 Å². The van der Waals surface area contributed by atoms with Crippen LogP contribution in [0.1, 0.15) is 26.3 Å². The lowest BCUT2D eigenvalue weighted by molar-refractivity contribution is 0.0816. The summed E-state index contributed by atoms with van der Waals surface area (Å²) in [5.74, 6) is 1.21. The van der Waals surface area contributed by atoms with Gasteiger partial charge in [-0.2, -0.15) is 0 Å². The van der Waals surface area contributed by atoms with Crippen molar-refractivity contribution >= 4 is 23.2 Å². The van der Waals surface area contributed by atoms with E-state index < -0.39 is 0 Å². The molecule has 0 bridgehead atoms. The Bertz CT molecular complexity index is 411. The zero-order valence-corrected chi connectivity index (χ0v) is 13.9. The molecule has 5 heteroatoms. The highest BCUT2D eigenvalue weighted by Gasteiger charge is 2.10. The number of nitrogens with one attached hydrogen (secondary N) is 1. The smallest absolute Gasteiger partial charge is 0.142 e. The van der Waals surface area contributed by atoms with E-state index in [1.807, 2.05) is 13.0 Å². The van der Waals surface area contributed by atoms with Crippen LogP contribution in [0.2, 0.25) is 10.0 Å². The highest BCUT2D eigenvalue weighted by atomic mass is 35.5. The third kappa shape index (κ3) is 6.31. The highest BCUT2D eigenvalue weighted by molar-refractivity contribution is 6.35. The predicted octanol–water partition coefficient (Wildman–Crippen LogP) is 4.15. The molecule has 0 saturated heterocycles. The minimum Gasteiger partial charge on any atom is -0.489 e. The molecule has 20 heavy (non-hydrogen) atoms. The zero-order chi connectivity index (χ0) is 15.0. The Morgan fingerprint density at radius 3 is 2.60 bits per heavy atom. The molecule has 0 aromatic heterocycles.